The van der Waals surface area contributed by atoms with Crippen LogP contribution in [0.3, 0.4) is 0 Å². The van der Waals surface area contributed by atoms with Crippen LogP contribution in [0.4, 0.5) is 5.69 Å². The van der Waals surface area contributed by atoms with Crippen LogP contribution in [-0.2, 0) is 13.2 Å². The minimum atomic E-state index is -0.977. The molecule has 4 nitrogen and oxygen atoms in total. The zero-order valence-electron chi connectivity index (χ0n) is 14.6. The molecule has 0 aliphatic rings. The molecule has 0 amide bonds. The summed E-state index contributed by atoms with van der Waals surface area (Å²) in [4.78, 5) is 11.1. The van der Waals surface area contributed by atoms with Crippen molar-refractivity contribution in [2.75, 3.05) is 5.32 Å². The average Bonchev–Trinajstić information content (AvgIpc) is 2.67. The maximum atomic E-state index is 11.1. The van der Waals surface area contributed by atoms with Gasteiger partial charge in [-0.05, 0) is 42.0 Å². The minimum Gasteiger partial charge on any atom is -0.486 e. The second kappa shape index (κ2) is 9.20. The van der Waals surface area contributed by atoms with Crippen LogP contribution in [0.1, 0.15) is 21.5 Å². The maximum Gasteiger partial charge on any atom is 0.335 e. The highest BCUT2D eigenvalue weighted by molar-refractivity contribution is 6.37. The number of aromatic carboxylic acids is 1. The molecule has 0 spiro atoms. The Kier molecular flexibility index (Phi) is 6.68. The smallest absolute Gasteiger partial charge is 0.335 e. The molecule has 28 heavy (non-hydrogen) atoms. The van der Waals surface area contributed by atoms with Gasteiger partial charge in [0.05, 0.1) is 15.6 Å². The number of ether oxygens (including phenoxy) is 1. The third-order valence-electron chi connectivity index (χ3n) is 3.99. The van der Waals surface area contributed by atoms with E-state index in [4.69, 9.17) is 44.6 Å². The van der Waals surface area contributed by atoms with Crippen molar-refractivity contribution in [1.29, 1.82) is 0 Å². The quantitative estimate of drug-likeness (QED) is 0.442. The average molecular weight is 437 g/mol. The molecule has 7 heteroatoms. The van der Waals surface area contributed by atoms with Gasteiger partial charge in [-0.25, -0.2) is 4.79 Å². The normalized spacial score (nSPS) is 10.5. The molecule has 144 valence electrons. The largest absolute Gasteiger partial charge is 0.486 e. The number of anilines is 1. The first kappa shape index (κ1) is 20.3. The zero-order valence-corrected chi connectivity index (χ0v) is 16.9. The van der Waals surface area contributed by atoms with Crippen LogP contribution in [-0.4, -0.2) is 11.1 Å². The van der Waals surface area contributed by atoms with Gasteiger partial charge in [-0.2, -0.15) is 0 Å². The monoisotopic (exact) mass is 435 g/mol. The van der Waals surface area contributed by atoms with Crippen molar-refractivity contribution in [3.63, 3.8) is 0 Å². The standard InChI is InChI=1S/C21H16Cl3NO3/c22-17-7-2-1-4-15(17)12-28-20-18(23)8-13(9-19(20)24)11-25-16-6-3-5-14(10-16)21(26)27/h1-10,25H,11-12H2,(H,26,27). The zero-order chi connectivity index (χ0) is 20.1. The Bertz CT molecular complexity index is 985. The summed E-state index contributed by atoms with van der Waals surface area (Å²) in [5.41, 5.74) is 2.57. The lowest BCUT2D eigenvalue weighted by Crippen LogP contribution is -2.03. The molecular weight excluding hydrogens is 421 g/mol. The predicted octanol–water partition coefficient (Wildman–Crippen LogP) is 6.54. The van der Waals surface area contributed by atoms with Gasteiger partial charge >= 0.3 is 5.97 Å². The number of carbonyl (C=O) groups is 1. The van der Waals surface area contributed by atoms with Crippen LogP contribution in [0.5, 0.6) is 5.75 Å². The lowest BCUT2D eigenvalue weighted by Gasteiger charge is -2.13. The molecule has 0 saturated carbocycles. The summed E-state index contributed by atoms with van der Waals surface area (Å²) in [7, 11) is 0. The minimum absolute atomic E-state index is 0.212. The molecular formula is C21H16Cl3NO3. The van der Waals surface area contributed by atoms with Crippen LogP contribution < -0.4 is 10.1 Å². The third kappa shape index (κ3) is 5.10. The third-order valence-corrected chi connectivity index (χ3v) is 4.92. The molecule has 0 radical (unpaired) electrons. The summed E-state index contributed by atoms with van der Waals surface area (Å²) >= 11 is 18.8. The molecule has 3 aromatic carbocycles. The van der Waals surface area contributed by atoms with Gasteiger partial charge in [0.1, 0.15) is 6.61 Å². The summed E-state index contributed by atoms with van der Waals surface area (Å²) in [6.45, 7) is 0.673. The van der Waals surface area contributed by atoms with E-state index in [1.165, 1.54) is 6.07 Å². The molecule has 0 aliphatic carbocycles. The van der Waals surface area contributed by atoms with Gasteiger partial charge in [-0.15, -0.1) is 0 Å². The number of halogens is 3. The maximum absolute atomic E-state index is 11.1. The summed E-state index contributed by atoms with van der Waals surface area (Å²) < 4.78 is 5.76. The Morgan fingerprint density at radius 2 is 1.64 bits per heavy atom. The van der Waals surface area contributed by atoms with Gasteiger partial charge in [0, 0.05) is 22.8 Å². The van der Waals surface area contributed by atoms with E-state index < -0.39 is 5.97 Å². The molecule has 0 bridgehead atoms. The molecule has 0 heterocycles. The van der Waals surface area contributed by atoms with E-state index in [1.54, 1.807) is 36.4 Å². The van der Waals surface area contributed by atoms with Gasteiger partial charge in [0.25, 0.3) is 0 Å². The summed E-state index contributed by atoms with van der Waals surface area (Å²) in [5.74, 6) is -0.588. The summed E-state index contributed by atoms with van der Waals surface area (Å²) in [6.07, 6.45) is 0. The Hall–Kier alpha value is -2.40. The number of hydrogen-bond acceptors (Lipinski definition) is 3. The molecule has 0 aromatic heterocycles. The van der Waals surface area contributed by atoms with Crippen molar-refractivity contribution in [3.8, 4) is 5.75 Å². The highest BCUT2D eigenvalue weighted by atomic mass is 35.5. The second-order valence-corrected chi connectivity index (χ2v) is 7.23. The molecule has 2 N–H and O–H groups in total. The van der Waals surface area contributed by atoms with E-state index in [0.29, 0.717) is 33.0 Å². The predicted molar refractivity (Wildman–Crippen MR) is 113 cm³/mol. The topological polar surface area (TPSA) is 58.6 Å². The van der Waals surface area contributed by atoms with E-state index >= 15 is 0 Å². The van der Waals surface area contributed by atoms with E-state index in [9.17, 15) is 4.79 Å². The Morgan fingerprint density at radius 3 is 2.32 bits per heavy atom. The first-order valence-electron chi connectivity index (χ1n) is 8.35. The van der Waals surface area contributed by atoms with E-state index in [1.807, 2.05) is 18.2 Å². The fourth-order valence-electron chi connectivity index (χ4n) is 2.58. The Labute approximate surface area is 177 Å². The fourth-order valence-corrected chi connectivity index (χ4v) is 3.42. The second-order valence-electron chi connectivity index (χ2n) is 6.01. The highest BCUT2D eigenvalue weighted by Gasteiger charge is 2.11. The van der Waals surface area contributed by atoms with Crippen LogP contribution in [0.15, 0.2) is 60.7 Å². The van der Waals surface area contributed by atoms with E-state index in [0.717, 1.165) is 11.1 Å². The lowest BCUT2D eigenvalue weighted by molar-refractivity contribution is 0.0697. The molecule has 3 rings (SSSR count). The van der Waals surface area contributed by atoms with Crippen LogP contribution >= 0.6 is 34.8 Å². The molecule has 0 fully saturated rings. The molecule has 0 unspecified atom stereocenters. The Morgan fingerprint density at radius 1 is 0.929 bits per heavy atom. The summed E-state index contributed by atoms with van der Waals surface area (Å²) in [5, 5.41) is 13.6. The fraction of sp³-hybridized carbons (Fsp3) is 0.0952. The van der Waals surface area contributed by atoms with Crippen LogP contribution in [0.25, 0.3) is 0 Å². The van der Waals surface area contributed by atoms with Crippen molar-refractivity contribution in [2.45, 2.75) is 13.2 Å². The van der Waals surface area contributed by atoms with Crippen molar-refractivity contribution in [3.05, 3.63) is 92.4 Å². The van der Waals surface area contributed by atoms with Gasteiger partial charge in [-0.1, -0.05) is 59.1 Å². The van der Waals surface area contributed by atoms with Crippen molar-refractivity contribution in [2.24, 2.45) is 0 Å². The molecule has 3 aromatic rings. The molecule has 0 aliphatic heterocycles. The van der Waals surface area contributed by atoms with E-state index in [-0.39, 0.29) is 12.2 Å². The number of rotatable bonds is 7. The molecule has 0 saturated heterocycles. The van der Waals surface area contributed by atoms with Gasteiger partial charge in [-0.3, -0.25) is 0 Å². The lowest BCUT2D eigenvalue weighted by atomic mass is 10.1. The Balaban J connectivity index is 1.68. The number of carboxylic acids is 1. The first-order chi connectivity index (χ1) is 13.4. The van der Waals surface area contributed by atoms with Gasteiger partial charge in [0.2, 0.25) is 0 Å². The van der Waals surface area contributed by atoms with Crippen LogP contribution in [0.2, 0.25) is 15.1 Å². The van der Waals surface area contributed by atoms with Crippen molar-refractivity contribution in [1.82, 2.24) is 0 Å². The SMILES string of the molecule is O=C(O)c1cccc(NCc2cc(Cl)c(OCc3ccccc3Cl)c(Cl)c2)c1. The molecule has 0 atom stereocenters. The van der Waals surface area contributed by atoms with Gasteiger partial charge < -0.3 is 15.2 Å². The number of carboxylic acid groups (broad SMARTS) is 1. The van der Waals surface area contributed by atoms with E-state index in [2.05, 4.69) is 5.32 Å². The van der Waals surface area contributed by atoms with Crippen LogP contribution in [0, 0.1) is 0 Å². The highest BCUT2D eigenvalue weighted by Crippen LogP contribution is 2.35. The number of benzene rings is 3. The first-order valence-corrected chi connectivity index (χ1v) is 9.49. The number of nitrogens with one attached hydrogen (secondary N) is 1. The number of hydrogen-bond donors (Lipinski definition) is 2. The van der Waals surface area contributed by atoms with Gasteiger partial charge in [0.15, 0.2) is 5.75 Å². The van der Waals surface area contributed by atoms with Crippen molar-refractivity contribution < 1.29 is 14.6 Å². The summed E-state index contributed by atoms with van der Waals surface area (Å²) in [6, 6.07) is 17.5. The van der Waals surface area contributed by atoms with Crippen molar-refractivity contribution >= 4 is 46.5 Å².